The van der Waals surface area contributed by atoms with Gasteiger partial charge in [0.2, 0.25) is 0 Å². The molecule has 3 aromatic rings. The topological polar surface area (TPSA) is 134 Å². The average Bonchev–Trinajstić information content (AvgIpc) is 3.06. The maximum atomic E-state index is 13.3. The van der Waals surface area contributed by atoms with Gasteiger partial charge in [-0.2, -0.15) is 9.99 Å². The van der Waals surface area contributed by atoms with E-state index in [1.54, 1.807) is 12.1 Å². The van der Waals surface area contributed by atoms with E-state index in [0.29, 0.717) is 4.73 Å². The van der Waals surface area contributed by atoms with Crippen molar-refractivity contribution in [2.75, 3.05) is 4.72 Å². The molecule has 1 aliphatic heterocycles. The molecule has 0 bridgehead atoms. The Balaban J connectivity index is 1.68. The van der Waals surface area contributed by atoms with E-state index in [-0.39, 0.29) is 49.8 Å². The van der Waals surface area contributed by atoms with E-state index < -0.39 is 21.8 Å². The van der Waals surface area contributed by atoms with Crippen molar-refractivity contribution in [2.45, 2.75) is 37.6 Å². The first-order valence-electron chi connectivity index (χ1n) is 10.8. The molecule has 9 nitrogen and oxygen atoms in total. The number of anilines is 1. The van der Waals surface area contributed by atoms with Gasteiger partial charge in [0.1, 0.15) is 11.6 Å². The Labute approximate surface area is 213 Å². The van der Waals surface area contributed by atoms with Gasteiger partial charge in [0.15, 0.2) is 12.4 Å². The van der Waals surface area contributed by atoms with E-state index in [0.717, 1.165) is 22.9 Å². The largest absolute Gasteiger partial charge is 0.619 e. The highest BCUT2D eigenvalue weighted by Crippen LogP contribution is 2.36. The Kier molecular flexibility index (Phi) is 6.24. The lowest BCUT2D eigenvalue weighted by atomic mass is 9.87. The van der Waals surface area contributed by atoms with Gasteiger partial charge >= 0.3 is 0 Å². The third kappa shape index (κ3) is 4.63. The Morgan fingerprint density at radius 1 is 1.06 bits per heavy atom. The predicted octanol–water partition coefficient (Wildman–Crippen LogP) is 3.74. The molecule has 2 amide bonds. The number of nitrogens with one attached hydrogen (secondary N) is 1. The van der Waals surface area contributed by atoms with Crippen LogP contribution in [0.25, 0.3) is 0 Å². The number of imide groups is 1. The van der Waals surface area contributed by atoms with Crippen LogP contribution in [-0.4, -0.2) is 25.1 Å². The van der Waals surface area contributed by atoms with Crippen molar-refractivity contribution in [3.8, 4) is 6.07 Å². The zero-order chi connectivity index (χ0) is 26.4. The molecule has 0 aliphatic carbocycles. The number of sulfonamides is 1. The molecule has 0 saturated heterocycles. The quantitative estimate of drug-likeness (QED) is 0.307. The van der Waals surface area contributed by atoms with Crippen LogP contribution in [0.2, 0.25) is 5.02 Å². The van der Waals surface area contributed by atoms with Gasteiger partial charge in [0.25, 0.3) is 21.8 Å². The van der Waals surface area contributed by atoms with Crippen molar-refractivity contribution < 1.29 is 22.7 Å². The minimum absolute atomic E-state index is 0.0128. The minimum atomic E-state index is -4.10. The molecule has 0 spiro atoms. The molecule has 2 aromatic carbocycles. The smallest absolute Gasteiger partial charge is 0.264 e. The maximum Gasteiger partial charge on any atom is 0.264 e. The molecular weight excluding hydrogens is 504 g/mol. The number of carbonyl (C=O) groups excluding carboxylic acids is 2. The van der Waals surface area contributed by atoms with Crippen LogP contribution < -0.4 is 9.45 Å². The van der Waals surface area contributed by atoms with Gasteiger partial charge in [0, 0.05) is 5.56 Å². The Hall–Kier alpha value is -3.94. The van der Waals surface area contributed by atoms with Gasteiger partial charge in [-0.25, -0.2) is 8.42 Å². The molecule has 11 heteroatoms. The number of rotatable bonds is 5. The van der Waals surface area contributed by atoms with Crippen LogP contribution >= 0.6 is 11.6 Å². The fraction of sp³-hybridized carbons (Fsp3) is 0.200. The van der Waals surface area contributed by atoms with Crippen LogP contribution in [0.5, 0.6) is 0 Å². The molecular formula is C25H21ClN4O5S. The second kappa shape index (κ2) is 8.93. The summed E-state index contributed by atoms with van der Waals surface area (Å²) in [4.78, 5) is 27.2. The predicted molar refractivity (Wildman–Crippen MR) is 132 cm³/mol. The minimum Gasteiger partial charge on any atom is -0.619 e. The number of amides is 2. The number of carbonyl (C=O) groups is 2. The van der Waals surface area contributed by atoms with Crippen LogP contribution in [0, 0.1) is 16.5 Å². The first-order chi connectivity index (χ1) is 16.8. The summed E-state index contributed by atoms with van der Waals surface area (Å²) >= 11 is 6.22. The number of nitriles is 1. The number of pyridine rings is 1. The van der Waals surface area contributed by atoms with Crippen LogP contribution in [-0.2, 0) is 22.0 Å². The monoisotopic (exact) mass is 524 g/mol. The third-order valence-electron chi connectivity index (χ3n) is 5.72. The van der Waals surface area contributed by atoms with Crippen molar-refractivity contribution in [3.05, 3.63) is 92.9 Å². The summed E-state index contributed by atoms with van der Waals surface area (Å²) in [5.74, 6) is -1.52. The summed E-state index contributed by atoms with van der Waals surface area (Å²) in [6.07, 6.45) is 2.19. The van der Waals surface area contributed by atoms with Gasteiger partial charge in [-0.05, 0) is 41.3 Å². The standard InChI is InChI=1S/C25H21ClN4O5S/c1-25(2,3)17-4-6-18(7-5-17)36(34,35)28-20-9-8-19(26)21-22(20)24(32)30(23(21)31)14-16-10-15(11-27)12-29(33)13-16/h4-10,12-13,28H,14H2,1-3H3. The summed E-state index contributed by atoms with van der Waals surface area (Å²) in [5.41, 5.74) is 0.662. The van der Waals surface area contributed by atoms with Crippen molar-refractivity contribution in [3.63, 3.8) is 0 Å². The molecule has 1 N–H and O–H groups in total. The molecule has 1 aliphatic rings. The van der Waals surface area contributed by atoms with Crippen LogP contribution in [0.4, 0.5) is 5.69 Å². The molecule has 36 heavy (non-hydrogen) atoms. The second-order valence-corrected chi connectivity index (χ2v) is 11.4. The summed E-state index contributed by atoms with van der Waals surface area (Å²) in [7, 11) is -4.10. The maximum absolute atomic E-state index is 13.3. The molecule has 0 saturated carbocycles. The summed E-state index contributed by atoms with van der Waals surface area (Å²) in [6, 6.07) is 12.2. The van der Waals surface area contributed by atoms with Gasteiger partial charge < -0.3 is 5.21 Å². The normalized spacial score (nSPS) is 13.5. The molecule has 2 heterocycles. The molecule has 0 fully saturated rings. The van der Waals surface area contributed by atoms with E-state index in [1.165, 1.54) is 30.3 Å². The highest BCUT2D eigenvalue weighted by Gasteiger charge is 2.40. The fourth-order valence-corrected chi connectivity index (χ4v) is 5.19. The zero-order valence-electron chi connectivity index (χ0n) is 19.6. The lowest BCUT2D eigenvalue weighted by molar-refractivity contribution is -0.606. The van der Waals surface area contributed by atoms with Gasteiger partial charge in [-0.1, -0.05) is 44.5 Å². The first kappa shape index (κ1) is 25.2. The number of hydrogen-bond donors (Lipinski definition) is 1. The SMILES string of the molecule is CC(C)(C)c1ccc(S(=O)(=O)Nc2ccc(Cl)c3c2C(=O)N(Cc2cc(C#N)c[n+]([O-])c2)C3=O)cc1. The second-order valence-electron chi connectivity index (χ2n) is 9.33. The van der Waals surface area contributed by atoms with Gasteiger partial charge in [-0.15, -0.1) is 0 Å². The van der Waals surface area contributed by atoms with Crippen LogP contribution in [0.1, 0.15) is 58.2 Å². The van der Waals surface area contributed by atoms with Crippen molar-refractivity contribution >= 4 is 39.1 Å². The van der Waals surface area contributed by atoms with Crippen molar-refractivity contribution in [2.24, 2.45) is 0 Å². The van der Waals surface area contributed by atoms with Crippen molar-refractivity contribution in [1.82, 2.24) is 4.90 Å². The third-order valence-corrected chi connectivity index (χ3v) is 7.41. The van der Waals surface area contributed by atoms with E-state index in [1.807, 2.05) is 26.8 Å². The molecule has 1 aromatic heterocycles. The summed E-state index contributed by atoms with van der Waals surface area (Å²) in [5, 5.41) is 20.9. The number of hydrogen-bond acceptors (Lipinski definition) is 6. The van der Waals surface area contributed by atoms with E-state index in [2.05, 4.69) is 4.72 Å². The van der Waals surface area contributed by atoms with Gasteiger partial charge in [-0.3, -0.25) is 19.2 Å². The number of benzene rings is 2. The lowest BCUT2D eigenvalue weighted by Gasteiger charge is -2.19. The molecule has 0 atom stereocenters. The van der Waals surface area contributed by atoms with Crippen molar-refractivity contribution in [1.29, 1.82) is 5.26 Å². The van der Waals surface area contributed by atoms with E-state index in [4.69, 9.17) is 16.9 Å². The Morgan fingerprint density at radius 2 is 1.69 bits per heavy atom. The first-order valence-corrected chi connectivity index (χ1v) is 12.6. The number of aromatic nitrogens is 1. The van der Waals surface area contributed by atoms with Crippen LogP contribution in [0.3, 0.4) is 0 Å². The Morgan fingerprint density at radius 3 is 2.31 bits per heavy atom. The number of nitrogens with zero attached hydrogens (tertiary/aromatic N) is 3. The molecule has 184 valence electrons. The van der Waals surface area contributed by atoms with Gasteiger partial charge in [0.05, 0.1) is 33.3 Å². The summed E-state index contributed by atoms with van der Waals surface area (Å²) in [6.45, 7) is 5.72. The number of fused-ring (bicyclic) bond motifs is 1. The molecule has 0 radical (unpaired) electrons. The molecule has 4 rings (SSSR count). The average molecular weight is 525 g/mol. The van der Waals surface area contributed by atoms with E-state index >= 15 is 0 Å². The van der Waals surface area contributed by atoms with E-state index in [9.17, 15) is 23.2 Å². The van der Waals surface area contributed by atoms with Crippen LogP contribution in [0.15, 0.2) is 59.8 Å². The number of halogens is 1. The molecule has 0 unspecified atom stereocenters. The summed E-state index contributed by atoms with van der Waals surface area (Å²) < 4.78 is 29.0. The Bertz CT molecular complexity index is 1550. The lowest BCUT2D eigenvalue weighted by Crippen LogP contribution is -2.32. The fourth-order valence-electron chi connectivity index (χ4n) is 3.88. The zero-order valence-corrected chi connectivity index (χ0v) is 21.1. The highest BCUT2D eigenvalue weighted by atomic mass is 35.5. The highest BCUT2D eigenvalue weighted by molar-refractivity contribution is 7.92.